The summed E-state index contributed by atoms with van der Waals surface area (Å²) in [4.78, 5) is 0. The van der Waals surface area contributed by atoms with Crippen molar-refractivity contribution in [1.29, 1.82) is 0 Å². The second-order valence-corrected chi connectivity index (χ2v) is 8.41. The van der Waals surface area contributed by atoms with Crippen LogP contribution in [0, 0.1) is 23.6 Å². The maximum atomic E-state index is 14.0. The first-order valence-corrected chi connectivity index (χ1v) is 10.5. The highest BCUT2D eigenvalue weighted by Gasteiger charge is 2.31. The summed E-state index contributed by atoms with van der Waals surface area (Å²) < 4.78 is 14.0. The lowest BCUT2D eigenvalue weighted by molar-refractivity contribution is 0.155. The van der Waals surface area contributed by atoms with Crippen LogP contribution in [0.2, 0.25) is 0 Å². The smallest absolute Gasteiger partial charge is 0.126 e. The topological polar surface area (TPSA) is 0 Å². The van der Waals surface area contributed by atoms with Crippen LogP contribution in [-0.2, 0) is 0 Å². The van der Waals surface area contributed by atoms with E-state index in [2.05, 4.69) is 6.92 Å². The Balaban J connectivity index is 1.42. The molecular weight excluding hydrogens is 295 g/mol. The minimum Gasteiger partial charge on any atom is -0.207 e. The van der Waals surface area contributed by atoms with Crippen LogP contribution >= 0.6 is 0 Å². The molecule has 2 aliphatic rings. The predicted molar refractivity (Wildman–Crippen MR) is 101 cm³/mol. The molecule has 0 aliphatic heterocycles. The average Bonchev–Trinajstić information content (AvgIpc) is 2.63. The maximum Gasteiger partial charge on any atom is 0.126 e. The normalized spacial score (nSPS) is 31.1. The van der Waals surface area contributed by atoms with E-state index in [1.165, 1.54) is 77.0 Å². The Bertz CT molecular complexity index is 479. The molecule has 0 N–H and O–H groups in total. The first kappa shape index (κ1) is 18.0. The Kier molecular flexibility index (Phi) is 6.75. The van der Waals surface area contributed by atoms with Gasteiger partial charge in [0.25, 0.3) is 0 Å². The number of unbranched alkanes of at least 4 members (excludes halogenated alkanes) is 2. The molecule has 24 heavy (non-hydrogen) atoms. The summed E-state index contributed by atoms with van der Waals surface area (Å²) in [7, 11) is 0. The lowest BCUT2D eigenvalue weighted by atomic mass is 9.68. The standard InChI is InChI=1S/C23H35F/c1-2-3-4-7-18-10-12-19(13-11-18)20-14-16-21(17-15-20)22-8-5-6-9-23(22)24/h5-6,8-9,18-21H,2-4,7,10-17H2,1H3. The van der Waals surface area contributed by atoms with E-state index in [-0.39, 0.29) is 5.82 Å². The second kappa shape index (κ2) is 9.02. The number of halogens is 1. The molecule has 1 aromatic carbocycles. The summed E-state index contributed by atoms with van der Waals surface area (Å²) >= 11 is 0. The van der Waals surface area contributed by atoms with Crippen molar-refractivity contribution in [1.82, 2.24) is 0 Å². The van der Waals surface area contributed by atoms with Crippen LogP contribution in [0.15, 0.2) is 24.3 Å². The Labute approximate surface area is 148 Å². The minimum atomic E-state index is 0.00791. The molecular formula is C23H35F. The highest BCUT2D eigenvalue weighted by molar-refractivity contribution is 5.22. The molecule has 2 saturated carbocycles. The van der Waals surface area contributed by atoms with Crippen molar-refractivity contribution in [3.63, 3.8) is 0 Å². The lowest BCUT2D eigenvalue weighted by Gasteiger charge is -2.38. The van der Waals surface area contributed by atoms with Crippen LogP contribution in [-0.4, -0.2) is 0 Å². The Morgan fingerprint density at radius 1 is 0.833 bits per heavy atom. The van der Waals surface area contributed by atoms with Crippen LogP contribution in [0.1, 0.15) is 95.5 Å². The van der Waals surface area contributed by atoms with Gasteiger partial charge in [-0.1, -0.05) is 63.6 Å². The third-order valence-corrected chi connectivity index (χ3v) is 6.89. The molecule has 0 spiro atoms. The zero-order valence-electron chi connectivity index (χ0n) is 15.5. The third kappa shape index (κ3) is 4.61. The van der Waals surface area contributed by atoms with E-state index in [0.717, 1.165) is 23.3 Å². The third-order valence-electron chi connectivity index (χ3n) is 6.89. The molecule has 0 unspecified atom stereocenters. The van der Waals surface area contributed by atoms with Crippen molar-refractivity contribution in [3.8, 4) is 0 Å². The van der Waals surface area contributed by atoms with Gasteiger partial charge in [-0.05, 0) is 73.8 Å². The summed E-state index contributed by atoms with van der Waals surface area (Å²) in [5.41, 5.74) is 0.968. The van der Waals surface area contributed by atoms with E-state index in [1.54, 1.807) is 6.07 Å². The highest BCUT2D eigenvalue weighted by Crippen LogP contribution is 2.44. The average molecular weight is 331 g/mol. The van der Waals surface area contributed by atoms with Gasteiger partial charge in [0.2, 0.25) is 0 Å². The zero-order valence-corrected chi connectivity index (χ0v) is 15.5. The molecule has 1 aromatic rings. The SMILES string of the molecule is CCCCCC1CCC(C2CCC(c3ccccc3F)CC2)CC1. The fraction of sp³-hybridized carbons (Fsp3) is 0.739. The quantitative estimate of drug-likeness (QED) is 0.474. The summed E-state index contributed by atoms with van der Waals surface area (Å²) in [6.07, 6.45) is 16.6. The van der Waals surface area contributed by atoms with Gasteiger partial charge in [0, 0.05) is 0 Å². The largest absolute Gasteiger partial charge is 0.207 e. The summed E-state index contributed by atoms with van der Waals surface area (Å²) in [6.45, 7) is 2.30. The molecule has 134 valence electrons. The van der Waals surface area contributed by atoms with E-state index in [1.807, 2.05) is 18.2 Å². The van der Waals surface area contributed by atoms with Crippen molar-refractivity contribution in [2.24, 2.45) is 17.8 Å². The van der Waals surface area contributed by atoms with Gasteiger partial charge in [0.1, 0.15) is 5.82 Å². The molecule has 0 nitrogen and oxygen atoms in total. The first-order valence-electron chi connectivity index (χ1n) is 10.5. The number of hydrogen-bond acceptors (Lipinski definition) is 0. The van der Waals surface area contributed by atoms with Crippen molar-refractivity contribution in [2.45, 2.75) is 89.9 Å². The van der Waals surface area contributed by atoms with Gasteiger partial charge in [-0.3, -0.25) is 0 Å². The summed E-state index contributed by atoms with van der Waals surface area (Å²) in [5, 5.41) is 0. The van der Waals surface area contributed by atoms with E-state index >= 15 is 0 Å². The van der Waals surface area contributed by atoms with Gasteiger partial charge in [-0.15, -0.1) is 0 Å². The molecule has 0 heterocycles. The monoisotopic (exact) mass is 330 g/mol. The zero-order chi connectivity index (χ0) is 16.8. The molecule has 1 heteroatoms. The summed E-state index contributed by atoms with van der Waals surface area (Å²) in [6, 6.07) is 7.43. The van der Waals surface area contributed by atoms with E-state index in [4.69, 9.17) is 0 Å². The van der Waals surface area contributed by atoms with E-state index < -0.39 is 0 Å². The maximum absolute atomic E-state index is 14.0. The van der Waals surface area contributed by atoms with Crippen LogP contribution in [0.4, 0.5) is 4.39 Å². The van der Waals surface area contributed by atoms with Crippen molar-refractivity contribution < 1.29 is 4.39 Å². The number of hydrogen-bond donors (Lipinski definition) is 0. The molecule has 3 rings (SSSR count). The molecule has 0 saturated heterocycles. The fourth-order valence-corrected chi connectivity index (χ4v) is 5.34. The summed E-state index contributed by atoms with van der Waals surface area (Å²) in [5.74, 6) is 3.38. The Hall–Kier alpha value is -0.850. The van der Waals surface area contributed by atoms with Crippen LogP contribution in [0.5, 0.6) is 0 Å². The van der Waals surface area contributed by atoms with Gasteiger partial charge >= 0.3 is 0 Å². The first-order chi connectivity index (χ1) is 11.8. The van der Waals surface area contributed by atoms with Crippen molar-refractivity contribution in [3.05, 3.63) is 35.6 Å². The van der Waals surface area contributed by atoms with Gasteiger partial charge in [-0.25, -0.2) is 4.39 Å². The van der Waals surface area contributed by atoms with Gasteiger partial charge in [0.15, 0.2) is 0 Å². The number of rotatable bonds is 6. The van der Waals surface area contributed by atoms with Gasteiger partial charge in [-0.2, -0.15) is 0 Å². The van der Waals surface area contributed by atoms with E-state index in [0.29, 0.717) is 5.92 Å². The predicted octanol–water partition coefficient (Wildman–Crippen LogP) is 7.49. The van der Waals surface area contributed by atoms with Gasteiger partial charge < -0.3 is 0 Å². The van der Waals surface area contributed by atoms with Crippen molar-refractivity contribution >= 4 is 0 Å². The van der Waals surface area contributed by atoms with Gasteiger partial charge in [0.05, 0.1) is 0 Å². The second-order valence-electron chi connectivity index (χ2n) is 8.41. The molecule has 0 amide bonds. The molecule has 0 radical (unpaired) electrons. The van der Waals surface area contributed by atoms with Crippen LogP contribution in [0.25, 0.3) is 0 Å². The highest BCUT2D eigenvalue weighted by atomic mass is 19.1. The molecule has 0 bridgehead atoms. The van der Waals surface area contributed by atoms with Crippen molar-refractivity contribution in [2.75, 3.05) is 0 Å². The minimum absolute atomic E-state index is 0.00791. The fourth-order valence-electron chi connectivity index (χ4n) is 5.34. The van der Waals surface area contributed by atoms with Crippen LogP contribution in [0.3, 0.4) is 0 Å². The van der Waals surface area contributed by atoms with Crippen LogP contribution < -0.4 is 0 Å². The van der Waals surface area contributed by atoms with E-state index in [9.17, 15) is 4.39 Å². The lowest BCUT2D eigenvalue weighted by Crippen LogP contribution is -2.25. The number of benzene rings is 1. The Morgan fingerprint density at radius 2 is 1.46 bits per heavy atom. The molecule has 2 aliphatic carbocycles. The Morgan fingerprint density at radius 3 is 2.08 bits per heavy atom. The molecule has 2 fully saturated rings. The molecule has 0 atom stereocenters. The molecule has 0 aromatic heterocycles.